The molecule has 1 aromatic rings. The lowest BCUT2D eigenvalue weighted by Crippen LogP contribution is -1.93. The third-order valence-corrected chi connectivity index (χ3v) is 4.00. The molecule has 0 spiro atoms. The summed E-state index contributed by atoms with van der Waals surface area (Å²) in [5.41, 5.74) is 1.89. The fourth-order valence-electron chi connectivity index (χ4n) is 1.07. The maximum Gasteiger partial charge on any atom is 0.231 e. The Morgan fingerprint density at radius 3 is 2.25 bits per heavy atom. The zero-order chi connectivity index (χ0) is 9.35. The van der Waals surface area contributed by atoms with E-state index in [-0.39, 0.29) is 0 Å². The lowest BCUT2D eigenvalue weighted by Gasteiger charge is -2.02. The van der Waals surface area contributed by atoms with Crippen LogP contribution in [0, 0.1) is 13.8 Å². The molecule has 4 heteroatoms. The van der Waals surface area contributed by atoms with E-state index in [9.17, 15) is 8.42 Å². The smallest absolute Gasteiger partial charge is 0.213 e. The zero-order valence-corrected chi connectivity index (χ0v) is 9.81. The molecule has 0 N–H and O–H groups in total. The van der Waals surface area contributed by atoms with Gasteiger partial charge < -0.3 is 0 Å². The average molecular weight is 296 g/mol. The topological polar surface area (TPSA) is 34.1 Å². The molecule has 0 amide bonds. The summed E-state index contributed by atoms with van der Waals surface area (Å²) in [6.45, 7) is 3.75. The van der Waals surface area contributed by atoms with E-state index in [2.05, 4.69) is 0 Å². The summed E-state index contributed by atoms with van der Waals surface area (Å²) in [7, 11) is -3.08. The first-order valence-corrected chi connectivity index (χ1v) is 7.46. The van der Waals surface area contributed by atoms with Gasteiger partial charge in [0.1, 0.15) is 0 Å². The molecule has 0 aliphatic carbocycles. The Morgan fingerprint density at radius 2 is 1.83 bits per heavy atom. The first-order valence-electron chi connectivity index (χ1n) is 3.43. The Balaban J connectivity index is 3.39. The molecule has 0 bridgehead atoms. The van der Waals surface area contributed by atoms with Crippen LogP contribution in [0.4, 0.5) is 0 Å². The zero-order valence-electron chi connectivity index (χ0n) is 6.83. The van der Waals surface area contributed by atoms with Crippen molar-refractivity contribution in [2.75, 3.05) is 0 Å². The minimum absolute atomic E-state index is 0.411. The number of hydrogen-bond acceptors (Lipinski definition) is 2. The van der Waals surface area contributed by atoms with Crippen molar-refractivity contribution >= 4 is 28.2 Å². The summed E-state index contributed by atoms with van der Waals surface area (Å²) >= 11 is 1.45. The molecule has 2 nitrogen and oxygen atoms in total. The molecule has 0 radical (unpaired) electrons. The van der Waals surface area contributed by atoms with Crippen molar-refractivity contribution in [3.05, 3.63) is 29.3 Å². The van der Waals surface area contributed by atoms with E-state index in [0.29, 0.717) is 4.90 Å². The summed E-state index contributed by atoms with van der Waals surface area (Å²) in [6, 6.07) is 5.32. The minimum Gasteiger partial charge on any atom is -0.213 e. The van der Waals surface area contributed by atoms with Crippen LogP contribution in [0.5, 0.6) is 0 Å². The van der Waals surface area contributed by atoms with Crippen molar-refractivity contribution in [1.29, 1.82) is 0 Å². The molecule has 0 unspecified atom stereocenters. The molecule has 66 valence electrons. The number of aryl methyl sites for hydroxylation is 2. The Bertz CT molecular complexity index is 396. The van der Waals surface area contributed by atoms with Gasteiger partial charge >= 0.3 is 0 Å². The molecule has 0 saturated carbocycles. The summed E-state index contributed by atoms with van der Waals surface area (Å²) in [5, 5.41) is 0. The van der Waals surface area contributed by atoms with Crippen LogP contribution in [0.15, 0.2) is 23.1 Å². The maximum atomic E-state index is 11.2. The van der Waals surface area contributed by atoms with Crippen molar-refractivity contribution in [3.63, 3.8) is 0 Å². The molecule has 0 aliphatic rings. The number of hydrogen-bond donors (Lipinski definition) is 0. The highest BCUT2D eigenvalue weighted by molar-refractivity contribution is 14.2. The second-order valence-corrected chi connectivity index (χ2v) is 7.50. The van der Waals surface area contributed by atoms with E-state index in [4.69, 9.17) is 0 Å². The molecule has 0 fully saturated rings. The summed E-state index contributed by atoms with van der Waals surface area (Å²) in [6.07, 6.45) is 0. The standard InChI is InChI=1S/C8H9IO2S/c1-6-3-4-8(7(2)5-6)12(9,10)11/h3-5H,1-2H3. The quantitative estimate of drug-likeness (QED) is 0.589. The molecule has 0 saturated heterocycles. The Kier molecular flexibility index (Phi) is 2.77. The molecule has 12 heavy (non-hydrogen) atoms. The number of halogens is 1. The van der Waals surface area contributed by atoms with Crippen molar-refractivity contribution in [3.8, 4) is 0 Å². The summed E-state index contributed by atoms with van der Waals surface area (Å²) in [4.78, 5) is 0.411. The van der Waals surface area contributed by atoms with Crippen LogP contribution in [0.2, 0.25) is 0 Å². The van der Waals surface area contributed by atoms with Crippen LogP contribution >= 0.6 is 21.2 Å². The van der Waals surface area contributed by atoms with Crippen LogP contribution in [-0.2, 0) is 7.01 Å². The molecule has 0 aromatic heterocycles. The fraction of sp³-hybridized carbons (Fsp3) is 0.250. The van der Waals surface area contributed by atoms with Gasteiger partial charge in [-0.1, -0.05) is 17.7 Å². The van der Waals surface area contributed by atoms with Gasteiger partial charge in [-0.3, -0.25) is 0 Å². The van der Waals surface area contributed by atoms with Gasteiger partial charge in [-0.05, 0) is 25.5 Å². The lowest BCUT2D eigenvalue weighted by atomic mass is 10.2. The summed E-state index contributed by atoms with van der Waals surface area (Å²) in [5.74, 6) is 0. The molecule has 0 aliphatic heterocycles. The van der Waals surface area contributed by atoms with Gasteiger partial charge in [0.2, 0.25) is 7.01 Å². The van der Waals surface area contributed by atoms with Crippen molar-refractivity contribution in [1.82, 2.24) is 0 Å². The van der Waals surface area contributed by atoms with Crippen LogP contribution < -0.4 is 0 Å². The summed E-state index contributed by atoms with van der Waals surface area (Å²) < 4.78 is 22.3. The molecule has 0 heterocycles. The second kappa shape index (κ2) is 3.33. The fourth-order valence-corrected chi connectivity index (χ4v) is 3.23. The van der Waals surface area contributed by atoms with Crippen LogP contribution in [0.25, 0.3) is 0 Å². The highest BCUT2D eigenvalue weighted by atomic mass is 127. The van der Waals surface area contributed by atoms with Gasteiger partial charge in [0.05, 0.1) is 26.1 Å². The first kappa shape index (κ1) is 9.98. The van der Waals surface area contributed by atoms with Crippen molar-refractivity contribution in [2.24, 2.45) is 0 Å². The largest absolute Gasteiger partial charge is 0.231 e. The highest BCUT2D eigenvalue weighted by Crippen LogP contribution is 2.21. The molecule has 1 rings (SSSR count). The SMILES string of the molecule is Cc1ccc(S(=O)(=O)I)c(C)c1. The molecular formula is C8H9IO2S. The number of rotatable bonds is 1. The van der Waals surface area contributed by atoms with Gasteiger partial charge in [-0.15, -0.1) is 0 Å². The van der Waals surface area contributed by atoms with E-state index >= 15 is 0 Å². The normalized spacial score (nSPS) is 11.6. The number of benzene rings is 1. The molecule has 0 atom stereocenters. The van der Waals surface area contributed by atoms with Crippen molar-refractivity contribution < 1.29 is 8.42 Å². The lowest BCUT2D eigenvalue weighted by molar-refractivity contribution is 0.612. The van der Waals surface area contributed by atoms with E-state index in [1.165, 1.54) is 21.2 Å². The first-order chi connectivity index (χ1) is 5.41. The third-order valence-electron chi connectivity index (χ3n) is 1.59. The van der Waals surface area contributed by atoms with Gasteiger partial charge in [0, 0.05) is 0 Å². The average Bonchev–Trinajstić information content (AvgIpc) is 1.83. The van der Waals surface area contributed by atoms with E-state index in [0.717, 1.165) is 11.1 Å². The predicted octanol–water partition coefficient (Wildman–Crippen LogP) is 2.43. The predicted molar refractivity (Wildman–Crippen MR) is 57.1 cm³/mol. The van der Waals surface area contributed by atoms with Crippen LogP contribution in [0.3, 0.4) is 0 Å². The van der Waals surface area contributed by atoms with Crippen LogP contribution in [-0.4, -0.2) is 8.42 Å². The van der Waals surface area contributed by atoms with E-state index in [1.807, 2.05) is 13.0 Å². The minimum atomic E-state index is -3.08. The monoisotopic (exact) mass is 296 g/mol. The highest BCUT2D eigenvalue weighted by Gasteiger charge is 2.11. The Morgan fingerprint density at radius 1 is 1.25 bits per heavy atom. The molecule has 1 aromatic carbocycles. The van der Waals surface area contributed by atoms with Gasteiger partial charge in [0.15, 0.2) is 0 Å². The second-order valence-electron chi connectivity index (χ2n) is 2.71. The van der Waals surface area contributed by atoms with Gasteiger partial charge in [0.25, 0.3) is 0 Å². The van der Waals surface area contributed by atoms with Crippen LogP contribution in [0.1, 0.15) is 11.1 Å². The maximum absolute atomic E-state index is 11.2. The van der Waals surface area contributed by atoms with E-state index in [1.54, 1.807) is 19.1 Å². The Hall–Kier alpha value is -0.100. The van der Waals surface area contributed by atoms with E-state index < -0.39 is 7.01 Å². The third kappa shape index (κ3) is 2.20. The van der Waals surface area contributed by atoms with Gasteiger partial charge in [-0.2, -0.15) is 0 Å². The van der Waals surface area contributed by atoms with Crippen molar-refractivity contribution in [2.45, 2.75) is 18.7 Å². The Labute approximate surface area is 84.5 Å². The van der Waals surface area contributed by atoms with Gasteiger partial charge in [-0.25, -0.2) is 8.42 Å². The molecular weight excluding hydrogens is 287 g/mol.